The lowest BCUT2D eigenvalue weighted by atomic mass is 10.00. The summed E-state index contributed by atoms with van der Waals surface area (Å²) in [7, 11) is 0. The molecule has 2 atom stereocenters. The summed E-state index contributed by atoms with van der Waals surface area (Å²) in [6, 6.07) is 0.485. The number of thioether (sulfide) groups is 1. The Bertz CT molecular complexity index is 356. The molecule has 2 nitrogen and oxygen atoms in total. The van der Waals surface area contributed by atoms with Crippen molar-refractivity contribution in [1.29, 1.82) is 0 Å². The lowest BCUT2D eigenvalue weighted by Crippen LogP contribution is -2.28. The second-order valence-corrected chi connectivity index (χ2v) is 6.95. The van der Waals surface area contributed by atoms with Crippen LogP contribution >= 0.6 is 23.1 Å². The first kappa shape index (κ1) is 13.4. The van der Waals surface area contributed by atoms with E-state index >= 15 is 0 Å². The van der Waals surface area contributed by atoms with E-state index in [0.717, 1.165) is 18.9 Å². The average Bonchev–Trinajstić information content (AvgIpc) is 2.95. The molecular formula is C13H22N2S2. The van der Waals surface area contributed by atoms with Gasteiger partial charge in [0.15, 0.2) is 0 Å². The molecule has 1 aromatic rings. The van der Waals surface area contributed by atoms with E-state index in [0.29, 0.717) is 6.04 Å². The summed E-state index contributed by atoms with van der Waals surface area (Å²) in [5.74, 6) is 3.38. The van der Waals surface area contributed by atoms with E-state index < -0.39 is 0 Å². The van der Waals surface area contributed by atoms with Crippen LogP contribution in [0.15, 0.2) is 0 Å². The van der Waals surface area contributed by atoms with Crippen LogP contribution in [0.1, 0.15) is 41.9 Å². The minimum atomic E-state index is 0.485. The van der Waals surface area contributed by atoms with Crippen LogP contribution in [-0.2, 0) is 6.42 Å². The second-order valence-electron chi connectivity index (χ2n) is 4.57. The van der Waals surface area contributed by atoms with Crippen LogP contribution in [0.3, 0.4) is 0 Å². The summed E-state index contributed by atoms with van der Waals surface area (Å²) < 4.78 is 0. The maximum Gasteiger partial charge on any atom is 0.110 e. The van der Waals surface area contributed by atoms with E-state index in [-0.39, 0.29) is 0 Å². The Labute approximate surface area is 113 Å². The molecular weight excluding hydrogens is 248 g/mol. The quantitative estimate of drug-likeness (QED) is 0.887. The maximum atomic E-state index is 4.84. The molecule has 0 aliphatic carbocycles. The summed E-state index contributed by atoms with van der Waals surface area (Å²) in [6.07, 6.45) is 2.39. The van der Waals surface area contributed by atoms with Gasteiger partial charge < -0.3 is 5.32 Å². The molecule has 1 aliphatic heterocycles. The number of nitrogens with zero attached hydrogens (tertiary/aromatic N) is 1. The maximum absolute atomic E-state index is 4.84. The van der Waals surface area contributed by atoms with Gasteiger partial charge in [-0.05, 0) is 43.7 Å². The molecule has 96 valence electrons. The zero-order valence-corrected chi connectivity index (χ0v) is 12.6. The predicted octanol–water partition coefficient (Wildman–Crippen LogP) is 3.42. The fourth-order valence-corrected chi connectivity index (χ4v) is 4.88. The molecule has 0 spiro atoms. The molecule has 1 aliphatic rings. The fraction of sp³-hybridized carbons (Fsp3) is 0.769. The molecule has 17 heavy (non-hydrogen) atoms. The Balaban J connectivity index is 2.18. The first-order valence-electron chi connectivity index (χ1n) is 6.53. The van der Waals surface area contributed by atoms with Crippen LogP contribution in [0, 0.1) is 12.8 Å². The number of hydrogen-bond donors (Lipinski definition) is 1. The smallest absolute Gasteiger partial charge is 0.110 e. The van der Waals surface area contributed by atoms with Crippen molar-refractivity contribution in [2.75, 3.05) is 18.1 Å². The molecule has 0 amide bonds. The highest BCUT2D eigenvalue weighted by Crippen LogP contribution is 2.36. The van der Waals surface area contributed by atoms with Gasteiger partial charge in [-0.25, -0.2) is 4.98 Å². The number of rotatable bonds is 5. The number of thiazole rings is 1. The van der Waals surface area contributed by atoms with Crippen LogP contribution in [-0.4, -0.2) is 23.0 Å². The van der Waals surface area contributed by atoms with Gasteiger partial charge in [0.1, 0.15) is 5.01 Å². The number of aromatic nitrogens is 1. The molecule has 1 N–H and O–H groups in total. The zero-order valence-electron chi connectivity index (χ0n) is 11.0. The first-order valence-corrected chi connectivity index (χ1v) is 8.50. The molecule has 0 bridgehead atoms. The third-order valence-electron chi connectivity index (χ3n) is 3.37. The van der Waals surface area contributed by atoms with Crippen molar-refractivity contribution >= 4 is 23.1 Å². The first-order chi connectivity index (χ1) is 8.26. The van der Waals surface area contributed by atoms with Gasteiger partial charge >= 0.3 is 0 Å². The Morgan fingerprint density at radius 1 is 1.47 bits per heavy atom. The second kappa shape index (κ2) is 6.21. The van der Waals surface area contributed by atoms with Crippen LogP contribution in [0.2, 0.25) is 0 Å². The Morgan fingerprint density at radius 3 is 2.82 bits per heavy atom. The monoisotopic (exact) mass is 270 g/mol. The third kappa shape index (κ3) is 3.04. The molecule has 1 fully saturated rings. The van der Waals surface area contributed by atoms with Crippen LogP contribution in [0.4, 0.5) is 0 Å². The lowest BCUT2D eigenvalue weighted by molar-refractivity contribution is 0.399. The van der Waals surface area contributed by atoms with Gasteiger partial charge in [-0.1, -0.05) is 13.8 Å². The molecule has 0 aromatic carbocycles. The fourth-order valence-electron chi connectivity index (χ4n) is 2.40. The molecule has 2 unspecified atom stereocenters. The van der Waals surface area contributed by atoms with E-state index in [4.69, 9.17) is 4.98 Å². The summed E-state index contributed by atoms with van der Waals surface area (Å²) >= 11 is 3.98. The van der Waals surface area contributed by atoms with Gasteiger partial charge in [0.25, 0.3) is 0 Å². The highest BCUT2D eigenvalue weighted by Gasteiger charge is 2.28. The van der Waals surface area contributed by atoms with Crippen molar-refractivity contribution in [2.24, 2.45) is 5.92 Å². The molecule has 1 aromatic heterocycles. The van der Waals surface area contributed by atoms with Gasteiger partial charge in [0, 0.05) is 4.88 Å². The van der Waals surface area contributed by atoms with E-state index in [1.807, 2.05) is 11.3 Å². The molecule has 2 rings (SSSR count). The van der Waals surface area contributed by atoms with Crippen LogP contribution in [0.25, 0.3) is 0 Å². The van der Waals surface area contributed by atoms with Gasteiger partial charge in [-0.3, -0.25) is 0 Å². The Hall–Kier alpha value is -0.0600. The Morgan fingerprint density at radius 2 is 2.29 bits per heavy atom. The molecule has 0 saturated carbocycles. The van der Waals surface area contributed by atoms with Crippen molar-refractivity contribution in [3.63, 3.8) is 0 Å². The summed E-state index contributed by atoms with van der Waals surface area (Å²) in [5.41, 5.74) is 1.29. The minimum absolute atomic E-state index is 0.485. The molecule has 0 radical (unpaired) electrons. The normalized spacial score (nSPS) is 21.9. The number of hydrogen-bond acceptors (Lipinski definition) is 4. The van der Waals surface area contributed by atoms with E-state index in [1.165, 1.54) is 33.5 Å². The van der Waals surface area contributed by atoms with Crippen molar-refractivity contribution in [2.45, 2.75) is 39.7 Å². The SMILES string of the molecule is CCNC(c1nc(CC)c(C)s1)C1CCSC1. The Kier molecular flexibility index (Phi) is 4.88. The van der Waals surface area contributed by atoms with Gasteiger partial charge in [-0.15, -0.1) is 11.3 Å². The topological polar surface area (TPSA) is 24.9 Å². The summed E-state index contributed by atoms with van der Waals surface area (Å²) in [5, 5.41) is 4.95. The molecule has 4 heteroatoms. The average molecular weight is 270 g/mol. The van der Waals surface area contributed by atoms with Crippen molar-refractivity contribution in [1.82, 2.24) is 10.3 Å². The number of nitrogens with one attached hydrogen (secondary N) is 1. The standard InChI is InChI=1S/C13H22N2S2/c1-4-11-9(3)17-13(15-11)12(14-5-2)10-6-7-16-8-10/h10,12,14H,4-8H2,1-3H3. The van der Waals surface area contributed by atoms with E-state index in [1.54, 1.807) is 0 Å². The highest BCUT2D eigenvalue weighted by atomic mass is 32.2. The minimum Gasteiger partial charge on any atom is -0.308 e. The zero-order chi connectivity index (χ0) is 12.3. The lowest BCUT2D eigenvalue weighted by Gasteiger charge is -2.21. The van der Waals surface area contributed by atoms with Crippen molar-refractivity contribution in [3.8, 4) is 0 Å². The van der Waals surface area contributed by atoms with Crippen molar-refractivity contribution < 1.29 is 0 Å². The summed E-state index contributed by atoms with van der Waals surface area (Å²) in [6.45, 7) is 7.62. The molecule has 2 heterocycles. The third-order valence-corrected chi connectivity index (χ3v) is 5.65. The van der Waals surface area contributed by atoms with Gasteiger partial charge in [0.05, 0.1) is 11.7 Å². The van der Waals surface area contributed by atoms with E-state index in [9.17, 15) is 0 Å². The van der Waals surface area contributed by atoms with Crippen molar-refractivity contribution in [3.05, 3.63) is 15.6 Å². The summed E-state index contributed by atoms with van der Waals surface area (Å²) in [4.78, 5) is 6.24. The highest BCUT2D eigenvalue weighted by molar-refractivity contribution is 7.99. The predicted molar refractivity (Wildman–Crippen MR) is 78.1 cm³/mol. The largest absolute Gasteiger partial charge is 0.308 e. The van der Waals surface area contributed by atoms with Crippen LogP contribution < -0.4 is 5.32 Å². The molecule has 1 saturated heterocycles. The van der Waals surface area contributed by atoms with E-state index in [2.05, 4.69) is 37.8 Å². The van der Waals surface area contributed by atoms with Crippen LogP contribution in [0.5, 0.6) is 0 Å². The van der Waals surface area contributed by atoms with Gasteiger partial charge in [0.2, 0.25) is 0 Å². The number of aryl methyl sites for hydroxylation is 2. The van der Waals surface area contributed by atoms with Gasteiger partial charge in [-0.2, -0.15) is 11.8 Å².